The Morgan fingerprint density at radius 1 is 1.18 bits per heavy atom. The van der Waals surface area contributed by atoms with Gasteiger partial charge in [0.2, 0.25) is 0 Å². The first kappa shape index (κ1) is 22.6. The van der Waals surface area contributed by atoms with Crippen molar-refractivity contribution < 1.29 is 4.74 Å². The maximum absolute atomic E-state index is 5.99. The second-order valence-corrected chi connectivity index (χ2v) is 6.71. The number of nitrogens with one attached hydrogen (secondary N) is 1. The van der Waals surface area contributed by atoms with E-state index >= 15 is 0 Å². The second kappa shape index (κ2) is 12.7. The third-order valence-corrected chi connectivity index (χ3v) is 4.74. The van der Waals surface area contributed by atoms with E-state index in [2.05, 4.69) is 49.0 Å². The highest BCUT2D eigenvalue weighted by atomic mass is 127. The van der Waals surface area contributed by atoms with Gasteiger partial charge in [-0.1, -0.05) is 30.3 Å². The third kappa shape index (κ3) is 7.76. The van der Waals surface area contributed by atoms with Gasteiger partial charge >= 0.3 is 0 Å². The molecular weight excluding hydrogens is 467 g/mol. The molecule has 1 aliphatic rings. The zero-order valence-electron chi connectivity index (χ0n) is 16.3. The Balaban J connectivity index is 0.00000280. The van der Waals surface area contributed by atoms with Crippen molar-refractivity contribution in [1.82, 2.24) is 19.8 Å². The van der Waals surface area contributed by atoms with Crippen molar-refractivity contribution >= 4 is 29.9 Å². The normalized spacial score (nSPS) is 15.2. The van der Waals surface area contributed by atoms with E-state index < -0.39 is 0 Å². The van der Waals surface area contributed by atoms with Crippen molar-refractivity contribution in [2.24, 2.45) is 10.7 Å². The summed E-state index contributed by atoms with van der Waals surface area (Å²) in [5, 5.41) is 3.19. The Hall–Kier alpha value is -1.65. The van der Waals surface area contributed by atoms with Crippen molar-refractivity contribution in [2.75, 3.05) is 39.4 Å². The lowest BCUT2D eigenvalue weighted by Crippen LogP contribution is -2.39. The van der Waals surface area contributed by atoms with Crippen molar-refractivity contribution in [1.29, 1.82) is 0 Å². The summed E-state index contributed by atoms with van der Waals surface area (Å²) in [6.45, 7) is 7.00. The van der Waals surface area contributed by atoms with E-state index in [-0.39, 0.29) is 24.0 Å². The molecule has 0 saturated carbocycles. The molecule has 1 saturated heterocycles. The number of imidazole rings is 1. The first-order valence-corrected chi connectivity index (χ1v) is 9.69. The molecule has 0 unspecified atom stereocenters. The van der Waals surface area contributed by atoms with E-state index in [0.717, 1.165) is 64.6 Å². The van der Waals surface area contributed by atoms with Gasteiger partial charge in [0.25, 0.3) is 0 Å². The summed E-state index contributed by atoms with van der Waals surface area (Å²) in [5.74, 6) is 1.42. The summed E-state index contributed by atoms with van der Waals surface area (Å²) in [6, 6.07) is 10.5. The number of morpholine rings is 1. The summed E-state index contributed by atoms with van der Waals surface area (Å²) in [4.78, 5) is 11.3. The molecule has 0 spiro atoms. The van der Waals surface area contributed by atoms with Crippen LogP contribution >= 0.6 is 24.0 Å². The molecule has 1 aromatic carbocycles. The maximum atomic E-state index is 5.99. The number of nitrogens with zero attached hydrogens (tertiary/aromatic N) is 4. The number of hydrogen-bond donors (Lipinski definition) is 2. The van der Waals surface area contributed by atoms with Crippen LogP contribution in [-0.4, -0.2) is 59.8 Å². The Morgan fingerprint density at radius 3 is 2.75 bits per heavy atom. The number of benzene rings is 1. The number of halogens is 1. The van der Waals surface area contributed by atoms with Crippen LogP contribution in [0.4, 0.5) is 0 Å². The Labute approximate surface area is 184 Å². The summed E-state index contributed by atoms with van der Waals surface area (Å²) in [7, 11) is 0. The minimum atomic E-state index is 0. The first-order chi connectivity index (χ1) is 13.3. The van der Waals surface area contributed by atoms with Crippen molar-refractivity contribution in [3.8, 4) is 0 Å². The van der Waals surface area contributed by atoms with Gasteiger partial charge in [0.15, 0.2) is 5.96 Å². The van der Waals surface area contributed by atoms with E-state index in [0.29, 0.717) is 12.5 Å². The molecule has 154 valence electrons. The fourth-order valence-corrected chi connectivity index (χ4v) is 3.15. The molecule has 0 radical (unpaired) electrons. The lowest BCUT2D eigenvalue weighted by atomic mass is 10.1. The molecule has 28 heavy (non-hydrogen) atoms. The molecule has 0 amide bonds. The average Bonchev–Trinajstić information content (AvgIpc) is 3.17. The highest BCUT2D eigenvalue weighted by Crippen LogP contribution is 2.05. The van der Waals surface area contributed by atoms with E-state index in [4.69, 9.17) is 10.5 Å². The lowest BCUT2D eigenvalue weighted by molar-refractivity contribution is 0.0376. The van der Waals surface area contributed by atoms with Gasteiger partial charge in [-0.3, -0.25) is 4.90 Å². The van der Waals surface area contributed by atoms with E-state index in [1.807, 2.05) is 18.5 Å². The van der Waals surface area contributed by atoms with Crippen LogP contribution in [0.3, 0.4) is 0 Å². The fraction of sp³-hybridized carbons (Fsp3) is 0.500. The molecule has 7 nitrogen and oxygen atoms in total. The lowest BCUT2D eigenvalue weighted by Gasteiger charge is -2.26. The number of aryl methyl sites for hydroxylation is 2. The zero-order valence-corrected chi connectivity index (χ0v) is 18.6. The minimum absolute atomic E-state index is 0. The Morgan fingerprint density at radius 2 is 1.96 bits per heavy atom. The number of hydrogen-bond acceptors (Lipinski definition) is 4. The molecule has 3 rings (SSSR count). The van der Waals surface area contributed by atoms with Crippen LogP contribution in [0.2, 0.25) is 0 Å². The Bertz CT molecular complexity index is 700. The van der Waals surface area contributed by atoms with Crippen LogP contribution in [0.5, 0.6) is 0 Å². The van der Waals surface area contributed by atoms with E-state index in [1.165, 1.54) is 5.56 Å². The van der Waals surface area contributed by atoms with Crippen LogP contribution < -0.4 is 11.1 Å². The van der Waals surface area contributed by atoms with Crippen molar-refractivity contribution in [2.45, 2.75) is 25.9 Å². The Kier molecular flexibility index (Phi) is 10.3. The van der Waals surface area contributed by atoms with Crippen LogP contribution in [0, 0.1) is 0 Å². The smallest absolute Gasteiger partial charge is 0.189 e. The van der Waals surface area contributed by atoms with Crippen molar-refractivity contribution in [3.05, 3.63) is 54.1 Å². The van der Waals surface area contributed by atoms with Gasteiger partial charge < -0.3 is 20.4 Å². The van der Waals surface area contributed by atoms with Crippen LogP contribution in [0.1, 0.15) is 17.8 Å². The van der Waals surface area contributed by atoms with Gasteiger partial charge in [-0.2, -0.15) is 0 Å². The van der Waals surface area contributed by atoms with E-state index in [1.54, 1.807) is 0 Å². The first-order valence-electron chi connectivity index (χ1n) is 9.69. The number of rotatable bonds is 9. The highest BCUT2D eigenvalue weighted by molar-refractivity contribution is 14.0. The largest absolute Gasteiger partial charge is 0.379 e. The molecule has 0 bridgehead atoms. The zero-order chi connectivity index (χ0) is 18.7. The maximum Gasteiger partial charge on any atom is 0.189 e. The number of aromatic nitrogens is 2. The molecule has 2 aromatic rings. The van der Waals surface area contributed by atoms with Crippen LogP contribution in [-0.2, 0) is 24.2 Å². The monoisotopic (exact) mass is 498 g/mol. The second-order valence-electron chi connectivity index (χ2n) is 6.71. The minimum Gasteiger partial charge on any atom is -0.379 e. The number of aliphatic imine (C=N–C) groups is 1. The van der Waals surface area contributed by atoms with Gasteiger partial charge in [0, 0.05) is 38.6 Å². The summed E-state index contributed by atoms with van der Waals surface area (Å²) in [6.07, 6.45) is 5.84. The molecular formula is C20H31IN6O. The van der Waals surface area contributed by atoms with Gasteiger partial charge in [-0.05, 0) is 24.9 Å². The van der Waals surface area contributed by atoms with E-state index in [9.17, 15) is 0 Å². The SMILES string of the molecule is I.NC(=NCc1nccn1CCc1ccccc1)NCCCN1CCOCC1. The van der Waals surface area contributed by atoms with Gasteiger partial charge in [0.1, 0.15) is 12.4 Å². The van der Waals surface area contributed by atoms with Gasteiger partial charge in [0.05, 0.1) is 13.2 Å². The predicted octanol–water partition coefficient (Wildman–Crippen LogP) is 1.87. The summed E-state index contributed by atoms with van der Waals surface area (Å²) in [5.41, 5.74) is 7.31. The molecule has 8 heteroatoms. The summed E-state index contributed by atoms with van der Waals surface area (Å²) < 4.78 is 7.50. The number of nitrogens with two attached hydrogens (primary N) is 1. The standard InChI is InChI=1S/C20H30N6O.HI/c21-20(23-8-4-10-25-13-15-27-16-14-25)24-17-19-22-9-12-26(19)11-7-18-5-2-1-3-6-18;/h1-3,5-6,9,12H,4,7-8,10-11,13-17H2,(H3,21,23,24);1H. The molecule has 3 N–H and O–H groups in total. The third-order valence-electron chi connectivity index (χ3n) is 4.74. The molecule has 2 heterocycles. The fourth-order valence-electron chi connectivity index (χ4n) is 3.15. The van der Waals surface area contributed by atoms with Crippen LogP contribution in [0.15, 0.2) is 47.7 Å². The molecule has 1 aromatic heterocycles. The van der Waals surface area contributed by atoms with Crippen LogP contribution in [0.25, 0.3) is 0 Å². The average molecular weight is 498 g/mol. The highest BCUT2D eigenvalue weighted by Gasteiger charge is 2.09. The van der Waals surface area contributed by atoms with Crippen molar-refractivity contribution in [3.63, 3.8) is 0 Å². The molecule has 1 aliphatic heterocycles. The molecule has 0 atom stereocenters. The molecule has 0 aliphatic carbocycles. The number of ether oxygens (including phenoxy) is 1. The number of guanidine groups is 1. The van der Waals surface area contributed by atoms with Gasteiger partial charge in [-0.25, -0.2) is 9.98 Å². The topological polar surface area (TPSA) is 80.7 Å². The summed E-state index contributed by atoms with van der Waals surface area (Å²) >= 11 is 0. The molecule has 1 fully saturated rings. The predicted molar refractivity (Wildman–Crippen MR) is 123 cm³/mol. The quantitative estimate of drug-likeness (QED) is 0.239. The van der Waals surface area contributed by atoms with Gasteiger partial charge in [-0.15, -0.1) is 24.0 Å².